The molecular formula is C12H17N5. The molecule has 0 saturated heterocycles. The van der Waals surface area contributed by atoms with Crippen LogP contribution in [0.3, 0.4) is 0 Å². The molecule has 90 valence electrons. The summed E-state index contributed by atoms with van der Waals surface area (Å²) in [4.78, 5) is 10.4. The number of hydrogen-bond donors (Lipinski definition) is 1. The van der Waals surface area contributed by atoms with E-state index in [0.717, 1.165) is 25.7 Å². The van der Waals surface area contributed by atoms with Crippen LogP contribution in [0.15, 0.2) is 12.4 Å². The zero-order valence-corrected chi connectivity index (χ0v) is 10.0. The SMILES string of the molecule is CN(c1nccnc1C#N)C1CCC(N)CC1. The molecule has 1 aliphatic carbocycles. The molecule has 1 aromatic rings. The summed E-state index contributed by atoms with van der Waals surface area (Å²) < 4.78 is 0. The predicted molar refractivity (Wildman–Crippen MR) is 65.4 cm³/mol. The number of aromatic nitrogens is 2. The van der Waals surface area contributed by atoms with E-state index >= 15 is 0 Å². The first-order valence-electron chi connectivity index (χ1n) is 5.92. The van der Waals surface area contributed by atoms with Crippen molar-refractivity contribution in [1.82, 2.24) is 9.97 Å². The van der Waals surface area contributed by atoms with E-state index in [9.17, 15) is 0 Å². The minimum Gasteiger partial charge on any atom is -0.354 e. The fraction of sp³-hybridized carbons (Fsp3) is 0.583. The Labute approximate surface area is 101 Å². The largest absolute Gasteiger partial charge is 0.354 e. The van der Waals surface area contributed by atoms with Crippen LogP contribution in [-0.4, -0.2) is 29.1 Å². The van der Waals surface area contributed by atoms with Gasteiger partial charge >= 0.3 is 0 Å². The number of nitrogens with two attached hydrogens (primary N) is 1. The van der Waals surface area contributed by atoms with Gasteiger partial charge in [0.05, 0.1) is 0 Å². The minimum atomic E-state index is 0.331. The zero-order chi connectivity index (χ0) is 12.3. The van der Waals surface area contributed by atoms with Crippen LogP contribution in [0.25, 0.3) is 0 Å². The van der Waals surface area contributed by atoms with Crippen LogP contribution in [0.4, 0.5) is 5.82 Å². The molecule has 5 nitrogen and oxygen atoms in total. The highest BCUT2D eigenvalue weighted by atomic mass is 15.2. The lowest BCUT2D eigenvalue weighted by Gasteiger charge is -2.34. The normalized spacial score (nSPS) is 24.1. The van der Waals surface area contributed by atoms with Crippen LogP contribution in [0.2, 0.25) is 0 Å². The van der Waals surface area contributed by atoms with Crippen molar-refractivity contribution in [3.05, 3.63) is 18.1 Å². The molecule has 1 heterocycles. The average Bonchev–Trinajstić information content (AvgIpc) is 2.39. The Hall–Kier alpha value is -1.67. The van der Waals surface area contributed by atoms with Crippen molar-refractivity contribution in [3.63, 3.8) is 0 Å². The highest BCUT2D eigenvalue weighted by Crippen LogP contribution is 2.25. The average molecular weight is 231 g/mol. The van der Waals surface area contributed by atoms with E-state index in [4.69, 9.17) is 11.0 Å². The van der Waals surface area contributed by atoms with Gasteiger partial charge in [0, 0.05) is 31.5 Å². The van der Waals surface area contributed by atoms with Crippen LogP contribution in [0.5, 0.6) is 0 Å². The van der Waals surface area contributed by atoms with Gasteiger partial charge in [0.25, 0.3) is 0 Å². The molecule has 1 saturated carbocycles. The number of nitriles is 1. The lowest BCUT2D eigenvalue weighted by molar-refractivity contribution is 0.383. The van der Waals surface area contributed by atoms with Crippen molar-refractivity contribution in [2.75, 3.05) is 11.9 Å². The van der Waals surface area contributed by atoms with Gasteiger partial charge in [-0.1, -0.05) is 0 Å². The van der Waals surface area contributed by atoms with Gasteiger partial charge in [0.2, 0.25) is 0 Å². The Balaban J connectivity index is 2.14. The van der Waals surface area contributed by atoms with Gasteiger partial charge in [-0.25, -0.2) is 9.97 Å². The van der Waals surface area contributed by atoms with E-state index < -0.39 is 0 Å². The molecule has 5 heteroatoms. The van der Waals surface area contributed by atoms with Gasteiger partial charge in [0.1, 0.15) is 6.07 Å². The van der Waals surface area contributed by atoms with Gasteiger partial charge in [-0.05, 0) is 25.7 Å². The smallest absolute Gasteiger partial charge is 0.183 e. The van der Waals surface area contributed by atoms with Gasteiger partial charge in [-0.3, -0.25) is 0 Å². The van der Waals surface area contributed by atoms with Crippen LogP contribution in [0, 0.1) is 11.3 Å². The minimum absolute atomic E-state index is 0.331. The van der Waals surface area contributed by atoms with Crippen molar-refractivity contribution in [1.29, 1.82) is 5.26 Å². The molecule has 0 bridgehead atoms. The quantitative estimate of drug-likeness (QED) is 0.823. The fourth-order valence-electron chi connectivity index (χ4n) is 2.33. The second-order valence-electron chi connectivity index (χ2n) is 4.52. The number of rotatable bonds is 2. The highest BCUT2D eigenvalue weighted by Gasteiger charge is 2.24. The Morgan fingerprint density at radius 2 is 1.94 bits per heavy atom. The Morgan fingerprint density at radius 3 is 2.59 bits per heavy atom. The third kappa shape index (κ3) is 2.53. The molecular weight excluding hydrogens is 214 g/mol. The second-order valence-corrected chi connectivity index (χ2v) is 4.52. The zero-order valence-electron chi connectivity index (χ0n) is 10.0. The summed E-state index contributed by atoms with van der Waals surface area (Å²) in [5, 5.41) is 9.01. The van der Waals surface area contributed by atoms with Gasteiger partial charge in [-0.15, -0.1) is 0 Å². The van der Waals surface area contributed by atoms with Crippen molar-refractivity contribution < 1.29 is 0 Å². The van der Waals surface area contributed by atoms with Crippen molar-refractivity contribution in [3.8, 4) is 6.07 Å². The van der Waals surface area contributed by atoms with E-state index in [0.29, 0.717) is 23.6 Å². The first kappa shape index (κ1) is 11.8. The van der Waals surface area contributed by atoms with Crippen molar-refractivity contribution in [2.45, 2.75) is 37.8 Å². The molecule has 0 aliphatic heterocycles. The Morgan fingerprint density at radius 1 is 1.29 bits per heavy atom. The first-order valence-corrected chi connectivity index (χ1v) is 5.92. The molecule has 2 rings (SSSR count). The molecule has 0 unspecified atom stereocenters. The molecule has 1 aliphatic rings. The summed E-state index contributed by atoms with van der Waals surface area (Å²) in [5.41, 5.74) is 6.29. The van der Waals surface area contributed by atoms with Crippen molar-refractivity contribution >= 4 is 5.82 Å². The van der Waals surface area contributed by atoms with Gasteiger partial charge in [0.15, 0.2) is 11.5 Å². The highest BCUT2D eigenvalue weighted by molar-refractivity contribution is 5.49. The van der Waals surface area contributed by atoms with Gasteiger partial charge < -0.3 is 10.6 Å². The third-order valence-corrected chi connectivity index (χ3v) is 3.41. The number of nitrogens with zero attached hydrogens (tertiary/aromatic N) is 4. The molecule has 2 N–H and O–H groups in total. The van der Waals surface area contributed by atoms with Crippen LogP contribution in [-0.2, 0) is 0 Å². The molecule has 17 heavy (non-hydrogen) atoms. The second kappa shape index (κ2) is 5.11. The lowest BCUT2D eigenvalue weighted by Crippen LogP contribution is -2.39. The summed E-state index contributed by atoms with van der Waals surface area (Å²) in [6.07, 6.45) is 7.36. The molecule has 0 amide bonds. The molecule has 0 radical (unpaired) electrons. The maximum absolute atomic E-state index is 9.01. The topological polar surface area (TPSA) is 78.8 Å². The summed E-state index contributed by atoms with van der Waals surface area (Å²) in [7, 11) is 1.98. The summed E-state index contributed by atoms with van der Waals surface area (Å²) in [6.45, 7) is 0. The van der Waals surface area contributed by atoms with E-state index in [1.54, 1.807) is 12.4 Å². The van der Waals surface area contributed by atoms with Crippen LogP contribution < -0.4 is 10.6 Å². The van der Waals surface area contributed by atoms with E-state index in [1.807, 2.05) is 7.05 Å². The first-order chi connectivity index (χ1) is 8.22. The summed E-state index contributed by atoms with van der Waals surface area (Å²) >= 11 is 0. The standard InChI is InChI=1S/C12H17N5/c1-17(10-4-2-9(14)3-5-10)12-11(8-13)15-6-7-16-12/h6-7,9-10H,2-5,14H2,1H3. The van der Waals surface area contributed by atoms with Crippen LogP contribution >= 0.6 is 0 Å². The van der Waals surface area contributed by atoms with Crippen molar-refractivity contribution in [2.24, 2.45) is 5.73 Å². The Kier molecular flexibility index (Phi) is 3.55. The van der Waals surface area contributed by atoms with E-state index in [1.165, 1.54) is 0 Å². The molecule has 0 atom stereocenters. The summed E-state index contributed by atoms with van der Waals surface area (Å²) in [6, 6.07) is 2.83. The molecule has 0 aromatic carbocycles. The maximum Gasteiger partial charge on any atom is 0.183 e. The number of hydrogen-bond acceptors (Lipinski definition) is 5. The Bertz CT molecular complexity index is 417. The summed E-state index contributed by atoms with van der Waals surface area (Å²) in [5.74, 6) is 0.676. The van der Waals surface area contributed by atoms with Crippen LogP contribution in [0.1, 0.15) is 31.4 Å². The molecule has 0 spiro atoms. The van der Waals surface area contributed by atoms with Gasteiger partial charge in [-0.2, -0.15) is 5.26 Å². The monoisotopic (exact) mass is 231 g/mol. The third-order valence-electron chi connectivity index (χ3n) is 3.41. The maximum atomic E-state index is 9.01. The fourth-order valence-corrected chi connectivity index (χ4v) is 2.33. The predicted octanol–water partition coefficient (Wildman–Crippen LogP) is 1.05. The number of anilines is 1. The van der Waals surface area contributed by atoms with E-state index in [-0.39, 0.29) is 0 Å². The molecule has 1 fully saturated rings. The lowest BCUT2D eigenvalue weighted by atomic mass is 9.91. The van der Waals surface area contributed by atoms with E-state index in [2.05, 4.69) is 20.9 Å². The molecule has 1 aromatic heterocycles.